The zero-order valence-corrected chi connectivity index (χ0v) is 11.4. The molecule has 2 aromatic carbocycles. The highest BCUT2D eigenvalue weighted by molar-refractivity contribution is 5.72. The number of amides is 1. The van der Waals surface area contributed by atoms with Crippen molar-refractivity contribution in [1.29, 1.82) is 5.26 Å². The van der Waals surface area contributed by atoms with E-state index >= 15 is 0 Å². The Morgan fingerprint density at radius 3 is 2.62 bits per heavy atom. The van der Waals surface area contributed by atoms with Crippen molar-refractivity contribution in [3.8, 4) is 11.8 Å². The normalized spacial score (nSPS) is 16.7. The lowest BCUT2D eigenvalue weighted by Gasteiger charge is -2.32. The average molecular weight is 278 g/mol. The molecule has 1 aliphatic rings. The van der Waals surface area contributed by atoms with Crippen molar-refractivity contribution in [2.75, 3.05) is 6.54 Å². The van der Waals surface area contributed by atoms with Crippen LogP contribution in [-0.2, 0) is 6.42 Å². The number of nitriles is 1. The molecule has 0 aliphatic carbocycles. The van der Waals surface area contributed by atoms with Crippen molar-refractivity contribution in [3.05, 3.63) is 65.7 Å². The van der Waals surface area contributed by atoms with Gasteiger partial charge in [-0.25, -0.2) is 4.79 Å². The molecule has 0 saturated carbocycles. The highest BCUT2D eigenvalue weighted by Gasteiger charge is 2.31. The quantitative estimate of drug-likeness (QED) is 0.804. The lowest BCUT2D eigenvalue weighted by Crippen LogP contribution is -2.41. The minimum absolute atomic E-state index is 0.484. The van der Waals surface area contributed by atoms with Gasteiger partial charge >= 0.3 is 6.09 Å². The van der Waals surface area contributed by atoms with Gasteiger partial charge in [0, 0.05) is 6.54 Å². The summed E-state index contributed by atoms with van der Waals surface area (Å²) in [5.74, 6) is 0.484. The highest BCUT2D eigenvalue weighted by atomic mass is 16.6. The van der Waals surface area contributed by atoms with Crippen LogP contribution in [0, 0.1) is 11.3 Å². The summed E-state index contributed by atoms with van der Waals surface area (Å²) in [7, 11) is 0. The molecule has 21 heavy (non-hydrogen) atoms. The zero-order chi connectivity index (χ0) is 14.7. The maximum Gasteiger partial charge on any atom is 0.416 e. The van der Waals surface area contributed by atoms with E-state index in [1.807, 2.05) is 30.3 Å². The molecule has 0 fully saturated rings. The Morgan fingerprint density at radius 2 is 1.86 bits per heavy atom. The molecule has 0 saturated heterocycles. The van der Waals surface area contributed by atoms with Gasteiger partial charge in [-0.15, -0.1) is 0 Å². The van der Waals surface area contributed by atoms with Crippen LogP contribution in [0.4, 0.5) is 4.79 Å². The van der Waals surface area contributed by atoms with E-state index in [9.17, 15) is 10.1 Å². The van der Waals surface area contributed by atoms with E-state index in [-0.39, 0.29) is 0 Å². The van der Waals surface area contributed by atoms with Gasteiger partial charge in [0.05, 0.1) is 6.07 Å². The van der Waals surface area contributed by atoms with E-state index in [1.165, 1.54) is 4.90 Å². The predicted molar refractivity (Wildman–Crippen MR) is 77.7 cm³/mol. The van der Waals surface area contributed by atoms with Crippen LogP contribution in [0.25, 0.3) is 0 Å². The van der Waals surface area contributed by atoms with Crippen LogP contribution in [0.15, 0.2) is 54.6 Å². The Kier molecular flexibility index (Phi) is 3.57. The smallest absolute Gasteiger partial charge is 0.410 e. The number of hydrogen-bond donors (Lipinski definition) is 0. The Bertz CT molecular complexity index is 691. The number of hydrogen-bond acceptors (Lipinski definition) is 3. The highest BCUT2D eigenvalue weighted by Crippen LogP contribution is 2.29. The molecule has 0 aromatic heterocycles. The van der Waals surface area contributed by atoms with Crippen molar-refractivity contribution < 1.29 is 9.53 Å². The van der Waals surface area contributed by atoms with E-state index in [0.29, 0.717) is 12.3 Å². The van der Waals surface area contributed by atoms with E-state index in [2.05, 4.69) is 6.07 Å². The molecule has 3 rings (SSSR count). The molecule has 1 unspecified atom stereocenters. The molecule has 0 bridgehead atoms. The first-order chi connectivity index (χ1) is 10.3. The van der Waals surface area contributed by atoms with Gasteiger partial charge in [0.25, 0.3) is 0 Å². The second-order valence-corrected chi connectivity index (χ2v) is 4.85. The average Bonchev–Trinajstić information content (AvgIpc) is 2.54. The minimum Gasteiger partial charge on any atom is -0.410 e. The molecule has 0 N–H and O–H groups in total. The topological polar surface area (TPSA) is 53.3 Å². The van der Waals surface area contributed by atoms with Gasteiger partial charge in [0.2, 0.25) is 0 Å². The Balaban J connectivity index is 1.83. The van der Waals surface area contributed by atoms with Crippen molar-refractivity contribution in [2.45, 2.75) is 12.5 Å². The van der Waals surface area contributed by atoms with Crippen LogP contribution in [-0.4, -0.2) is 17.5 Å². The van der Waals surface area contributed by atoms with Crippen molar-refractivity contribution >= 4 is 6.09 Å². The molecule has 0 spiro atoms. The van der Waals surface area contributed by atoms with Gasteiger partial charge in [0.15, 0.2) is 0 Å². The summed E-state index contributed by atoms with van der Waals surface area (Å²) in [6, 6.07) is 18.2. The second-order valence-electron chi connectivity index (χ2n) is 4.85. The molecule has 0 radical (unpaired) electrons. The lowest BCUT2D eigenvalue weighted by molar-refractivity contribution is 0.139. The van der Waals surface area contributed by atoms with Gasteiger partial charge in [-0.3, -0.25) is 4.90 Å². The number of carbonyl (C=O) groups excluding carboxylic acids is 1. The third kappa shape index (κ3) is 2.59. The lowest BCUT2D eigenvalue weighted by atomic mass is 9.94. The largest absolute Gasteiger partial charge is 0.416 e. The number of para-hydroxylation sites is 1. The first kappa shape index (κ1) is 13.2. The molecule has 2 aromatic rings. The van der Waals surface area contributed by atoms with Crippen LogP contribution in [0.1, 0.15) is 17.2 Å². The van der Waals surface area contributed by atoms with Crippen molar-refractivity contribution in [1.82, 2.24) is 4.90 Å². The number of fused-ring (bicyclic) bond motifs is 1. The van der Waals surface area contributed by atoms with Gasteiger partial charge in [-0.2, -0.15) is 5.26 Å². The molecule has 1 heterocycles. The summed E-state index contributed by atoms with van der Waals surface area (Å²) in [6.45, 7) is 0.487. The molecular weight excluding hydrogens is 264 g/mol. The van der Waals surface area contributed by atoms with Crippen LogP contribution < -0.4 is 4.74 Å². The first-order valence-corrected chi connectivity index (χ1v) is 6.80. The maximum absolute atomic E-state index is 12.3. The number of carbonyl (C=O) groups is 1. The Labute approximate surface area is 123 Å². The van der Waals surface area contributed by atoms with Crippen LogP contribution >= 0.6 is 0 Å². The molecular formula is C17H14N2O2. The summed E-state index contributed by atoms with van der Waals surface area (Å²) < 4.78 is 5.34. The maximum atomic E-state index is 12.3. The standard InChI is InChI=1S/C17H14N2O2/c18-12-16-15-9-5-4-6-13(15)10-11-19(16)17(20)21-14-7-2-1-3-8-14/h1-9,16H,10-11H2. The van der Waals surface area contributed by atoms with E-state index in [0.717, 1.165) is 17.5 Å². The van der Waals surface area contributed by atoms with Crippen LogP contribution in [0.5, 0.6) is 5.75 Å². The second kappa shape index (κ2) is 5.68. The first-order valence-electron chi connectivity index (χ1n) is 6.80. The third-order valence-corrected chi connectivity index (χ3v) is 3.59. The predicted octanol–water partition coefficient (Wildman–Crippen LogP) is 3.31. The van der Waals surface area contributed by atoms with Gasteiger partial charge in [-0.1, -0.05) is 42.5 Å². The molecule has 1 atom stereocenters. The monoisotopic (exact) mass is 278 g/mol. The summed E-state index contributed by atoms with van der Waals surface area (Å²) in [4.78, 5) is 13.8. The minimum atomic E-state index is -0.592. The zero-order valence-electron chi connectivity index (χ0n) is 11.4. The fraction of sp³-hybridized carbons (Fsp3) is 0.176. The molecule has 1 aliphatic heterocycles. The van der Waals surface area contributed by atoms with E-state index in [1.54, 1.807) is 24.3 Å². The Hall–Kier alpha value is -2.80. The summed E-state index contributed by atoms with van der Waals surface area (Å²) in [5.41, 5.74) is 2.00. The summed E-state index contributed by atoms with van der Waals surface area (Å²) in [5, 5.41) is 9.42. The number of ether oxygens (including phenoxy) is 1. The summed E-state index contributed by atoms with van der Waals surface area (Å²) >= 11 is 0. The van der Waals surface area contributed by atoms with Crippen LogP contribution in [0.2, 0.25) is 0 Å². The van der Waals surface area contributed by atoms with Gasteiger partial charge < -0.3 is 4.74 Å². The Morgan fingerprint density at radius 1 is 1.14 bits per heavy atom. The number of nitrogens with zero attached hydrogens (tertiary/aromatic N) is 2. The molecule has 1 amide bonds. The summed E-state index contributed by atoms with van der Waals surface area (Å²) in [6.07, 6.45) is 0.250. The number of benzene rings is 2. The fourth-order valence-electron chi connectivity index (χ4n) is 2.55. The van der Waals surface area contributed by atoms with Gasteiger partial charge in [-0.05, 0) is 29.7 Å². The van der Waals surface area contributed by atoms with E-state index < -0.39 is 12.1 Å². The number of rotatable bonds is 1. The van der Waals surface area contributed by atoms with Crippen molar-refractivity contribution in [3.63, 3.8) is 0 Å². The SMILES string of the molecule is N#CC1c2ccccc2CCN1C(=O)Oc1ccccc1. The fourth-order valence-corrected chi connectivity index (χ4v) is 2.55. The molecule has 4 nitrogen and oxygen atoms in total. The molecule has 104 valence electrons. The van der Waals surface area contributed by atoms with Gasteiger partial charge in [0.1, 0.15) is 11.8 Å². The molecule has 4 heteroatoms. The third-order valence-electron chi connectivity index (χ3n) is 3.59. The van der Waals surface area contributed by atoms with Crippen molar-refractivity contribution in [2.24, 2.45) is 0 Å². The van der Waals surface area contributed by atoms with Crippen LogP contribution in [0.3, 0.4) is 0 Å². The van der Waals surface area contributed by atoms with E-state index in [4.69, 9.17) is 4.74 Å².